The molecular formula is C7H4F3NO3. The molecule has 1 aromatic heterocycles. The predicted molar refractivity (Wildman–Crippen MR) is 38.9 cm³/mol. The predicted octanol–water partition coefficient (Wildman–Crippen LogP) is 1.15. The molecule has 0 unspecified atom stereocenters. The molecule has 0 saturated carbocycles. The van der Waals surface area contributed by atoms with Crippen LogP contribution in [0.3, 0.4) is 0 Å². The number of nitrogens with one attached hydrogen (secondary N) is 1. The van der Waals surface area contributed by atoms with Crippen molar-refractivity contribution in [2.45, 2.75) is 6.43 Å². The zero-order valence-electron chi connectivity index (χ0n) is 6.55. The molecule has 0 spiro atoms. The number of carbonyl (C=O) groups is 1. The van der Waals surface area contributed by atoms with E-state index < -0.39 is 35.0 Å². The molecule has 0 aliphatic carbocycles. The summed E-state index contributed by atoms with van der Waals surface area (Å²) in [5.41, 5.74) is -3.46. The highest BCUT2D eigenvalue weighted by atomic mass is 19.3. The maximum Gasteiger partial charge on any atom is 0.338 e. The molecule has 0 amide bonds. The SMILES string of the molecule is O=C(O)c1cc(C(F)F)[nH]c(=O)c1F. The standard InChI is InChI=1S/C7H4F3NO3/c8-4-2(7(13)14)1-3(5(9)10)11-6(4)12/h1,5H,(H,11,12)(H,13,14). The summed E-state index contributed by atoms with van der Waals surface area (Å²) in [5.74, 6) is -3.35. The fourth-order valence-corrected chi connectivity index (χ4v) is 0.836. The van der Waals surface area contributed by atoms with Gasteiger partial charge in [0.05, 0.1) is 5.69 Å². The van der Waals surface area contributed by atoms with Crippen LogP contribution in [0, 0.1) is 5.82 Å². The van der Waals surface area contributed by atoms with Gasteiger partial charge in [0.2, 0.25) is 5.82 Å². The van der Waals surface area contributed by atoms with E-state index in [0.717, 1.165) is 0 Å². The first kappa shape index (κ1) is 10.3. The number of pyridine rings is 1. The highest BCUT2D eigenvalue weighted by molar-refractivity contribution is 5.87. The Morgan fingerprint density at radius 3 is 2.50 bits per heavy atom. The van der Waals surface area contributed by atoms with Gasteiger partial charge in [0.1, 0.15) is 5.56 Å². The lowest BCUT2D eigenvalue weighted by Gasteiger charge is -2.01. The highest BCUT2D eigenvalue weighted by Crippen LogP contribution is 2.16. The van der Waals surface area contributed by atoms with Gasteiger partial charge in [0, 0.05) is 0 Å². The van der Waals surface area contributed by atoms with Gasteiger partial charge in [-0.1, -0.05) is 0 Å². The van der Waals surface area contributed by atoms with Crippen LogP contribution in [0.25, 0.3) is 0 Å². The number of carboxylic acids is 1. The van der Waals surface area contributed by atoms with E-state index in [1.807, 2.05) is 0 Å². The van der Waals surface area contributed by atoms with Gasteiger partial charge in [0.25, 0.3) is 12.0 Å². The molecule has 1 aromatic rings. The largest absolute Gasteiger partial charge is 0.478 e. The van der Waals surface area contributed by atoms with Crippen molar-refractivity contribution in [3.63, 3.8) is 0 Å². The van der Waals surface area contributed by atoms with Gasteiger partial charge in [-0.15, -0.1) is 0 Å². The molecule has 14 heavy (non-hydrogen) atoms. The Morgan fingerprint density at radius 2 is 2.07 bits per heavy atom. The number of hydrogen-bond acceptors (Lipinski definition) is 2. The third kappa shape index (κ3) is 1.76. The maximum atomic E-state index is 12.7. The molecule has 0 bridgehead atoms. The number of H-pyrrole nitrogens is 1. The van der Waals surface area contributed by atoms with Gasteiger partial charge in [-0.05, 0) is 6.07 Å². The molecule has 7 heteroatoms. The Hall–Kier alpha value is -1.79. The van der Waals surface area contributed by atoms with E-state index in [1.165, 1.54) is 4.98 Å². The van der Waals surface area contributed by atoms with E-state index >= 15 is 0 Å². The van der Waals surface area contributed by atoms with Crippen LogP contribution in [0.15, 0.2) is 10.9 Å². The molecule has 2 N–H and O–H groups in total. The highest BCUT2D eigenvalue weighted by Gasteiger charge is 2.18. The van der Waals surface area contributed by atoms with Gasteiger partial charge in [-0.3, -0.25) is 4.79 Å². The molecule has 0 saturated heterocycles. The number of halogens is 3. The Morgan fingerprint density at radius 1 is 1.50 bits per heavy atom. The Labute approximate surface area is 75.0 Å². The second kappa shape index (κ2) is 3.52. The van der Waals surface area contributed by atoms with Crippen molar-refractivity contribution in [1.82, 2.24) is 4.98 Å². The minimum absolute atomic E-state index is 0.393. The first-order valence-electron chi connectivity index (χ1n) is 3.37. The van der Waals surface area contributed by atoms with Crippen molar-refractivity contribution in [3.05, 3.63) is 33.5 Å². The summed E-state index contributed by atoms with van der Waals surface area (Å²) < 4.78 is 36.8. The summed E-state index contributed by atoms with van der Waals surface area (Å²) in [5, 5.41) is 8.36. The second-order valence-electron chi connectivity index (χ2n) is 2.39. The second-order valence-corrected chi connectivity index (χ2v) is 2.39. The number of aromatic amines is 1. The summed E-state index contributed by atoms with van der Waals surface area (Å²) in [6, 6.07) is 0.393. The van der Waals surface area contributed by atoms with Crippen molar-refractivity contribution in [2.75, 3.05) is 0 Å². The summed E-state index contributed by atoms with van der Waals surface area (Å²) in [6.07, 6.45) is -3.05. The van der Waals surface area contributed by atoms with E-state index in [1.54, 1.807) is 0 Å². The summed E-state index contributed by atoms with van der Waals surface area (Å²) in [6.45, 7) is 0. The number of aromatic nitrogens is 1. The zero-order valence-corrected chi connectivity index (χ0v) is 6.55. The number of rotatable bonds is 2. The molecule has 0 radical (unpaired) electrons. The number of carboxylic acid groups (broad SMARTS) is 1. The van der Waals surface area contributed by atoms with Crippen LogP contribution in [-0.2, 0) is 0 Å². The van der Waals surface area contributed by atoms with E-state index in [-0.39, 0.29) is 0 Å². The molecular weight excluding hydrogens is 203 g/mol. The van der Waals surface area contributed by atoms with E-state index in [2.05, 4.69) is 0 Å². The van der Waals surface area contributed by atoms with Gasteiger partial charge < -0.3 is 10.1 Å². The Kier molecular flexibility index (Phi) is 2.59. The van der Waals surface area contributed by atoms with E-state index in [9.17, 15) is 22.8 Å². The lowest BCUT2D eigenvalue weighted by molar-refractivity contribution is 0.0690. The van der Waals surface area contributed by atoms with Crippen LogP contribution >= 0.6 is 0 Å². The normalized spacial score (nSPS) is 10.6. The van der Waals surface area contributed by atoms with Crippen LogP contribution in [-0.4, -0.2) is 16.1 Å². The Bertz CT molecular complexity index is 427. The van der Waals surface area contributed by atoms with Crippen LogP contribution in [0.2, 0.25) is 0 Å². The van der Waals surface area contributed by atoms with Gasteiger partial charge in [-0.2, -0.15) is 4.39 Å². The van der Waals surface area contributed by atoms with Crippen molar-refractivity contribution in [3.8, 4) is 0 Å². The number of hydrogen-bond donors (Lipinski definition) is 2. The minimum Gasteiger partial charge on any atom is -0.478 e. The van der Waals surface area contributed by atoms with Crippen LogP contribution < -0.4 is 5.56 Å². The van der Waals surface area contributed by atoms with Crippen molar-refractivity contribution in [2.24, 2.45) is 0 Å². The molecule has 0 aliphatic rings. The quantitative estimate of drug-likeness (QED) is 0.764. The fourth-order valence-electron chi connectivity index (χ4n) is 0.836. The van der Waals surface area contributed by atoms with Crippen molar-refractivity contribution >= 4 is 5.97 Å². The zero-order chi connectivity index (χ0) is 10.9. The minimum atomic E-state index is -3.05. The molecule has 0 aromatic carbocycles. The summed E-state index contributed by atoms with van der Waals surface area (Å²) >= 11 is 0. The average molecular weight is 207 g/mol. The number of alkyl halides is 2. The summed E-state index contributed by atoms with van der Waals surface area (Å²) in [4.78, 5) is 22.5. The summed E-state index contributed by atoms with van der Waals surface area (Å²) in [7, 11) is 0. The first-order chi connectivity index (χ1) is 6.43. The van der Waals surface area contributed by atoms with Crippen molar-refractivity contribution in [1.29, 1.82) is 0 Å². The van der Waals surface area contributed by atoms with Crippen LogP contribution in [0.4, 0.5) is 13.2 Å². The third-order valence-electron chi connectivity index (χ3n) is 1.46. The van der Waals surface area contributed by atoms with Crippen LogP contribution in [0.5, 0.6) is 0 Å². The lowest BCUT2D eigenvalue weighted by atomic mass is 10.2. The van der Waals surface area contributed by atoms with Gasteiger partial charge in [-0.25, -0.2) is 13.6 Å². The smallest absolute Gasteiger partial charge is 0.338 e. The van der Waals surface area contributed by atoms with E-state index in [0.29, 0.717) is 6.07 Å². The lowest BCUT2D eigenvalue weighted by Crippen LogP contribution is -2.18. The molecule has 0 atom stereocenters. The molecule has 4 nitrogen and oxygen atoms in total. The monoisotopic (exact) mass is 207 g/mol. The van der Waals surface area contributed by atoms with E-state index in [4.69, 9.17) is 5.11 Å². The fraction of sp³-hybridized carbons (Fsp3) is 0.143. The number of aromatic carboxylic acids is 1. The molecule has 76 valence electrons. The topological polar surface area (TPSA) is 70.2 Å². The third-order valence-corrected chi connectivity index (χ3v) is 1.46. The molecule has 1 heterocycles. The molecule has 0 fully saturated rings. The first-order valence-corrected chi connectivity index (χ1v) is 3.37. The van der Waals surface area contributed by atoms with Crippen molar-refractivity contribution < 1.29 is 23.1 Å². The Balaban J connectivity index is 3.43. The molecule has 1 rings (SSSR count). The maximum absolute atomic E-state index is 12.7. The average Bonchev–Trinajstić information content (AvgIpc) is 2.08. The van der Waals surface area contributed by atoms with Gasteiger partial charge >= 0.3 is 5.97 Å². The molecule has 0 aliphatic heterocycles. The van der Waals surface area contributed by atoms with Crippen LogP contribution in [0.1, 0.15) is 22.5 Å². The van der Waals surface area contributed by atoms with Gasteiger partial charge in [0.15, 0.2) is 0 Å².